The maximum Gasteiger partial charge on any atom is 0.335 e. The smallest absolute Gasteiger partial charge is 0.335 e. The van der Waals surface area contributed by atoms with Crippen LogP contribution in [0.1, 0.15) is 34.9 Å². The molecule has 1 aliphatic rings. The summed E-state index contributed by atoms with van der Waals surface area (Å²) < 4.78 is 0. The molecule has 1 aromatic carbocycles. The molecule has 0 radical (unpaired) electrons. The largest absolute Gasteiger partial charge is 0.478 e. The molecule has 0 aliphatic carbocycles. The first-order chi connectivity index (χ1) is 10.2. The van der Waals surface area contributed by atoms with Gasteiger partial charge in [-0.2, -0.15) is 0 Å². The highest BCUT2D eigenvalue weighted by molar-refractivity contribution is 5.88. The summed E-state index contributed by atoms with van der Waals surface area (Å²) in [4.78, 5) is 22.2. The Morgan fingerprint density at radius 2 is 1.95 bits per heavy atom. The molecule has 2 heterocycles. The van der Waals surface area contributed by atoms with E-state index >= 15 is 0 Å². The van der Waals surface area contributed by atoms with E-state index in [9.17, 15) is 4.79 Å². The summed E-state index contributed by atoms with van der Waals surface area (Å²) in [5.74, 6) is -0.920. The van der Waals surface area contributed by atoms with Crippen molar-refractivity contribution in [3.8, 4) is 11.3 Å². The highest BCUT2D eigenvalue weighted by Gasteiger charge is 2.26. The Hall–Kier alpha value is -2.27. The predicted octanol–water partition coefficient (Wildman–Crippen LogP) is 2.61. The van der Waals surface area contributed by atoms with Crippen molar-refractivity contribution in [1.29, 1.82) is 0 Å². The molecule has 5 heteroatoms. The van der Waals surface area contributed by atoms with Gasteiger partial charge in [0.05, 0.1) is 23.0 Å². The Morgan fingerprint density at radius 3 is 2.57 bits per heavy atom. The highest BCUT2D eigenvalue weighted by Crippen LogP contribution is 2.34. The molecule has 1 fully saturated rings. The first kappa shape index (κ1) is 13.7. The summed E-state index contributed by atoms with van der Waals surface area (Å²) in [5.41, 5.74) is 3.00. The molecule has 2 aromatic rings. The van der Waals surface area contributed by atoms with Crippen LogP contribution in [-0.2, 0) is 0 Å². The van der Waals surface area contributed by atoms with Crippen molar-refractivity contribution >= 4 is 5.97 Å². The van der Waals surface area contributed by atoms with Gasteiger partial charge in [0.25, 0.3) is 0 Å². The zero-order valence-electron chi connectivity index (χ0n) is 11.9. The zero-order chi connectivity index (χ0) is 14.8. The summed E-state index contributed by atoms with van der Waals surface area (Å²) >= 11 is 0. The minimum absolute atomic E-state index is 0.280. The molecular formula is C16H17N3O2. The Labute approximate surface area is 123 Å². The number of hydrogen-bond donors (Lipinski definition) is 1. The fourth-order valence-electron chi connectivity index (χ4n) is 2.84. The quantitative estimate of drug-likeness (QED) is 0.938. The van der Waals surface area contributed by atoms with E-state index in [0.29, 0.717) is 0 Å². The molecule has 0 amide bonds. The number of aromatic carboxylic acids is 1. The van der Waals surface area contributed by atoms with Crippen molar-refractivity contribution in [2.24, 2.45) is 0 Å². The van der Waals surface area contributed by atoms with E-state index in [4.69, 9.17) is 5.11 Å². The van der Waals surface area contributed by atoms with E-state index in [1.165, 1.54) is 0 Å². The van der Waals surface area contributed by atoms with Crippen LogP contribution in [-0.4, -0.2) is 39.5 Å². The average Bonchev–Trinajstić information content (AvgIpc) is 2.93. The molecule has 0 saturated carbocycles. The number of carbonyl (C=O) groups is 1. The van der Waals surface area contributed by atoms with Gasteiger partial charge >= 0.3 is 5.97 Å². The van der Waals surface area contributed by atoms with Crippen molar-refractivity contribution < 1.29 is 9.90 Å². The highest BCUT2D eigenvalue weighted by atomic mass is 16.4. The number of carboxylic acid groups (broad SMARTS) is 1. The SMILES string of the molecule is CN1CCCC1c1nccnc1-c1ccc(C(=O)O)cc1. The lowest BCUT2D eigenvalue weighted by atomic mass is 10.0. The summed E-state index contributed by atoms with van der Waals surface area (Å²) in [6.07, 6.45) is 5.64. The van der Waals surface area contributed by atoms with Gasteiger partial charge in [0.15, 0.2) is 0 Å². The van der Waals surface area contributed by atoms with Crippen LogP contribution >= 0.6 is 0 Å². The normalized spacial score (nSPS) is 18.8. The minimum atomic E-state index is -0.920. The third kappa shape index (κ3) is 2.64. The fraction of sp³-hybridized carbons (Fsp3) is 0.312. The van der Waals surface area contributed by atoms with Gasteiger partial charge in [-0.1, -0.05) is 12.1 Å². The predicted molar refractivity (Wildman–Crippen MR) is 79.0 cm³/mol. The molecule has 1 atom stereocenters. The standard InChI is InChI=1S/C16H17N3O2/c1-19-10-2-3-13(19)15-14(17-8-9-18-15)11-4-6-12(7-5-11)16(20)21/h4-9,13H,2-3,10H2,1H3,(H,20,21). The van der Waals surface area contributed by atoms with Crippen LogP contribution < -0.4 is 0 Å². The van der Waals surface area contributed by atoms with Crippen LogP contribution in [0.15, 0.2) is 36.7 Å². The fourth-order valence-corrected chi connectivity index (χ4v) is 2.84. The van der Waals surface area contributed by atoms with Gasteiger partial charge in [-0.3, -0.25) is 14.9 Å². The van der Waals surface area contributed by atoms with E-state index in [1.807, 2.05) is 0 Å². The van der Waals surface area contributed by atoms with Gasteiger partial charge in [0, 0.05) is 18.0 Å². The lowest BCUT2D eigenvalue weighted by molar-refractivity contribution is 0.0697. The average molecular weight is 283 g/mol. The molecule has 3 rings (SSSR count). The first-order valence-electron chi connectivity index (χ1n) is 7.01. The van der Waals surface area contributed by atoms with Gasteiger partial charge in [-0.05, 0) is 38.6 Å². The summed E-state index contributed by atoms with van der Waals surface area (Å²) in [7, 11) is 2.10. The molecule has 1 saturated heterocycles. The molecule has 108 valence electrons. The van der Waals surface area contributed by atoms with Crippen LogP contribution in [0, 0.1) is 0 Å². The van der Waals surface area contributed by atoms with E-state index in [1.54, 1.807) is 36.7 Å². The second kappa shape index (κ2) is 5.61. The van der Waals surface area contributed by atoms with Gasteiger partial charge in [0.1, 0.15) is 0 Å². The van der Waals surface area contributed by atoms with E-state index in [2.05, 4.69) is 21.9 Å². The number of likely N-dealkylation sites (tertiary alicyclic amines) is 1. The summed E-state index contributed by atoms with van der Waals surface area (Å²) in [6, 6.07) is 7.09. The van der Waals surface area contributed by atoms with Crippen LogP contribution in [0.3, 0.4) is 0 Å². The van der Waals surface area contributed by atoms with Crippen molar-refractivity contribution in [2.45, 2.75) is 18.9 Å². The number of benzene rings is 1. The molecule has 1 N–H and O–H groups in total. The number of aromatic nitrogens is 2. The van der Waals surface area contributed by atoms with Crippen LogP contribution in [0.5, 0.6) is 0 Å². The molecule has 0 bridgehead atoms. The van der Waals surface area contributed by atoms with Crippen LogP contribution in [0.4, 0.5) is 0 Å². The topological polar surface area (TPSA) is 66.3 Å². The molecule has 1 unspecified atom stereocenters. The summed E-state index contributed by atoms with van der Waals surface area (Å²) in [6.45, 7) is 1.07. The maximum atomic E-state index is 10.9. The lowest BCUT2D eigenvalue weighted by Crippen LogP contribution is -2.19. The molecule has 5 nitrogen and oxygen atoms in total. The van der Waals surface area contributed by atoms with Crippen LogP contribution in [0.2, 0.25) is 0 Å². The second-order valence-electron chi connectivity index (χ2n) is 5.31. The molecule has 21 heavy (non-hydrogen) atoms. The monoisotopic (exact) mass is 283 g/mol. The van der Waals surface area contributed by atoms with Gasteiger partial charge in [-0.25, -0.2) is 4.79 Å². The molecule has 1 aliphatic heterocycles. The van der Waals surface area contributed by atoms with E-state index in [0.717, 1.165) is 36.3 Å². The third-order valence-electron chi connectivity index (χ3n) is 3.97. The number of carboxylic acids is 1. The number of hydrogen-bond acceptors (Lipinski definition) is 4. The van der Waals surface area contributed by atoms with Gasteiger partial charge in [0.2, 0.25) is 0 Å². The van der Waals surface area contributed by atoms with E-state index < -0.39 is 5.97 Å². The second-order valence-corrected chi connectivity index (χ2v) is 5.31. The maximum absolute atomic E-state index is 10.9. The van der Waals surface area contributed by atoms with Crippen molar-refractivity contribution in [1.82, 2.24) is 14.9 Å². The Morgan fingerprint density at radius 1 is 1.24 bits per heavy atom. The third-order valence-corrected chi connectivity index (χ3v) is 3.97. The van der Waals surface area contributed by atoms with E-state index in [-0.39, 0.29) is 11.6 Å². The van der Waals surface area contributed by atoms with Crippen molar-refractivity contribution in [3.63, 3.8) is 0 Å². The molecule has 0 spiro atoms. The zero-order valence-corrected chi connectivity index (χ0v) is 11.9. The molecule has 1 aromatic heterocycles. The van der Waals surface area contributed by atoms with Gasteiger partial charge < -0.3 is 5.11 Å². The Kier molecular flexibility index (Phi) is 3.66. The Bertz CT molecular complexity index is 655. The van der Waals surface area contributed by atoms with Crippen LogP contribution in [0.25, 0.3) is 11.3 Å². The summed E-state index contributed by atoms with van der Waals surface area (Å²) in [5, 5.41) is 8.97. The first-order valence-corrected chi connectivity index (χ1v) is 7.01. The molecular weight excluding hydrogens is 266 g/mol. The van der Waals surface area contributed by atoms with Crippen molar-refractivity contribution in [3.05, 3.63) is 47.9 Å². The van der Waals surface area contributed by atoms with Crippen molar-refractivity contribution in [2.75, 3.05) is 13.6 Å². The van der Waals surface area contributed by atoms with Gasteiger partial charge in [-0.15, -0.1) is 0 Å². The number of rotatable bonds is 3. The lowest BCUT2D eigenvalue weighted by Gasteiger charge is -2.20. The minimum Gasteiger partial charge on any atom is -0.478 e. The Balaban J connectivity index is 2.00. The number of nitrogens with zero attached hydrogens (tertiary/aromatic N) is 3.